The van der Waals surface area contributed by atoms with Crippen LogP contribution in [0.4, 0.5) is 5.82 Å². The van der Waals surface area contributed by atoms with Gasteiger partial charge in [-0.25, -0.2) is 24.7 Å². The van der Waals surface area contributed by atoms with Gasteiger partial charge in [0.1, 0.15) is 39.0 Å². The number of amides is 2. The minimum atomic E-state index is -1.15. The van der Waals surface area contributed by atoms with Crippen LogP contribution in [0, 0.1) is 17.2 Å². The minimum absolute atomic E-state index is 0.0145. The molecular formula is C52H81N10O9P. The first kappa shape index (κ1) is 58.2. The maximum Gasteiger partial charge on any atom is 0.338 e. The number of imidazole rings is 1. The number of carbonyl (C=O) groups excluding carboxylic acids is 3. The van der Waals surface area contributed by atoms with E-state index < -0.39 is 45.0 Å². The number of hydrogen-bond donors (Lipinski definition) is 2. The number of fused-ring (bicyclic) bond motifs is 1. The summed E-state index contributed by atoms with van der Waals surface area (Å²) in [4.78, 5) is 58.3. The lowest BCUT2D eigenvalue weighted by Crippen LogP contribution is -2.62. The first-order valence-corrected chi connectivity index (χ1v) is 27.4. The second-order valence-corrected chi connectivity index (χ2v) is 21.2. The van der Waals surface area contributed by atoms with Gasteiger partial charge in [0, 0.05) is 77.8 Å². The first-order valence-electron chi connectivity index (χ1n) is 26.0. The van der Waals surface area contributed by atoms with Crippen molar-refractivity contribution in [2.24, 2.45) is 10.9 Å². The summed E-state index contributed by atoms with van der Waals surface area (Å²) in [6, 6.07) is 10.8. The number of hydrogen-bond acceptors (Lipinski definition) is 15. The molecule has 3 aromatic rings. The summed E-state index contributed by atoms with van der Waals surface area (Å²) < 4.78 is 43.7. The van der Waals surface area contributed by atoms with E-state index in [4.69, 9.17) is 33.2 Å². The molecule has 1 aromatic carbocycles. The molecule has 20 heteroatoms. The van der Waals surface area contributed by atoms with Crippen molar-refractivity contribution >= 4 is 49.4 Å². The fourth-order valence-electron chi connectivity index (χ4n) is 9.35. The Bertz CT molecular complexity index is 2180. The summed E-state index contributed by atoms with van der Waals surface area (Å²) in [5.41, 5.74) is 1.58. The third-order valence-corrected chi connectivity index (χ3v) is 15.4. The molecule has 4 heterocycles. The Balaban J connectivity index is 1.10. The third kappa shape index (κ3) is 16.7. The second kappa shape index (κ2) is 29.9. The lowest BCUT2D eigenvalue weighted by atomic mass is 9.87. The van der Waals surface area contributed by atoms with Gasteiger partial charge in [0.2, 0.25) is 11.8 Å². The van der Waals surface area contributed by atoms with Crippen LogP contribution in [-0.4, -0.2) is 148 Å². The number of benzene rings is 1. The molecule has 398 valence electrons. The van der Waals surface area contributed by atoms with Crippen LogP contribution in [0.15, 0.2) is 48.0 Å². The number of carbonyl (C=O) groups is 3. The molecule has 0 spiro atoms. The Morgan fingerprint density at radius 3 is 2.29 bits per heavy atom. The molecule has 0 saturated carbocycles. The van der Waals surface area contributed by atoms with Crippen LogP contribution in [0.1, 0.15) is 143 Å². The lowest BCUT2D eigenvalue weighted by Gasteiger charge is -2.45. The lowest BCUT2D eigenvalue weighted by molar-refractivity contribution is -0.249. The number of aliphatic imine (C=N–C) groups is 1. The molecule has 2 fully saturated rings. The Hall–Kier alpha value is -4.67. The van der Waals surface area contributed by atoms with Crippen LogP contribution in [0.2, 0.25) is 0 Å². The molecule has 72 heavy (non-hydrogen) atoms. The van der Waals surface area contributed by atoms with Crippen LogP contribution in [0.25, 0.3) is 11.2 Å². The highest BCUT2D eigenvalue weighted by molar-refractivity contribution is 7.50. The molecule has 2 amide bonds. The summed E-state index contributed by atoms with van der Waals surface area (Å²) in [7, 11) is 2.64. The second-order valence-electron chi connectivity index (χ2n) is 19.4. The van der Waals surface area contributed by atoms with Gasteiger partial charge in [0.25, 0.3) is 0 Å². The molecule has 19 nitrogen and oxygen atoms in total. The molecule has 0 radical (unpaired) electrons. The monoisotopic (exact) mass is 1020 g/mol. The smallest absolute Gasteiger partial charge is 0.338 e. The highest BCUT2D eigenvalue weighted by Crippen LogP contribution is 2.51. The van der Waals surface area contributed by atoms with Gasteiger partial charge in [-0.1, -0.05) is 51.8 Å². The summed E-state index contributed by atoms with van der Waals surface area (Å²) in [6.45, 7) is 17.6. The maximum absolute atomic E-state index is 13.1. The van der Waals surface area contributed by atoms with E-state index in [0.717, 1.165) is 38.3 Å². The topological polar surface area (TPSA) is 217 Å². The van der Waals surface area contributed by atoms with Crippen LogP contribution in [0.3, 0.4) is 0 Å². The van der Waals surface area contributed by atoms with E-state index in [1.807, 2.05) is 43.5 Å². The Morgan fingerprint density at radius 1 is 0.903 bits per heavy atom. The van der Waals surface area contributed by atoms with Crippen LogP contribution in [-0.2, 0) is 37.8 Å². The van der Waals surface area contributed by atoms with Crippen molar-refractivity contribution in [2.75, 3.05) is 40.0 Å². The number of unbranched alkanes of at least 4 members (excludes halogenated alkanes) is 5. The van der Waals surface area contributed by atoms with Crippen molar-refractivity contribution < 1.29 is 42.6 Å². The summed E-state index contributed by atoms with van der Waals surface area (Å²) >= 11 is 0. The highest BCUT2D eigenvalue weighted by Gasteiger charge is 2.49. The Morgan fingerprint density at radius 2 is 1.61 bits per heavy atom. The van der Waals surface area contributed by atoms with E-state index in [1.54, 1.807) is 36.9 Å². The molecular weight excluding hydrogens is 940 g/mol. The van der Waals surface area contributed by atoms with Gasteiger partial charge in [-0.3, -0.25) is 18.8 Å². The molecule has 2 aromatic heterocycles. The van der Waals surface area contributed by atoms with Crippen molar-refractivity contribution in [1.29, 1.82) is 5.26 Å². The van der Waals surface area contributed by atoms with Gasteiger partial charge >= 0.3 is 5.97 Å². The summed E-state index contributed by atoms with van der Waals surface area (Å²) in [5, 5.41) is 15.4. The molecule has 0 aliphatic carbocycles. The molecule has 5 rings (SSSR count). The molecule has 0 bridgehead atoms. The van der Waals surface area contributed by atoms with E-state index in [1.165, 1.54) is 13.3 Å². The zero-order valence-electron chi connectivity index (χ0n) is 44.3. The van der Waals surface area contributed by atoms with Gasteiger partial charge in [-0.05, 0) is 84.8 Å². The van der Waals surface area contributed by atoms with E-state index in [9.17, 15) is 19.6 Å². The predicted octanol–water partition coefficient (Wildman–Crippen LogP) is 8.22. The van der Waals surface area contributed by atoms with Crippen LogP contribution < -0.4 is 10.6 Å². The quantitative estimate of drug-likeness (QED) is 0.0211. The average Bonchev–Trinajstić information content (AvgIpc) is 3.94. The van der Waals surface area contributed by atoms with Crippen molar-refractivity contribution in [2.45, 2.75) is 187 Å². The van der Waals surface area contributed by atoms with Gasteiger partial charge < -0.3 is 43.7 Å². The highest BCUT2D eigenvalue weighted by atomic mass is 31.2. The number of aromatic nitrogens is 4. The van der Waals surface area contributed by atoms with Gasteiger partial charge in [-0.15, -0.1) is 0 Å². The van der Waals surface area contributed by atoms with E-state index in [-0.39, 0.29) is 48.1 Å². The predicted molar refractivity (Wildman–Crippen MR) is 277 cm³/mol. The molecule has 2 unspecified atom stereocenters. The van der Waals surface area contributed by atoms with Crippen molar-refractivity contribution in [3.63, 3.8) is 0 Å². The van der Waals surface area contributed by atoms with E-state index >= 15 is 0 Å². The number of ether oxygens (including phenoxy) is 5. The van der Waals surface area contributed by atoms with Crippen molar-refractivity contribution in [1.82, 2.24) is 39.7 Å². The van der Waals surface area contributed by atoms with Crippen molar-refractivity contribution in [3.8, 4) is 6.07 Å². The van der Waals surface area contributed by atoms with Gasteiger partial charge in [-0.2, -0.15) is 5.26 Å². The first-order chi connectivity index (χ1) is 34.7. The van der Waals surface area contributed by atoms with Crippen LogP contribution in [0.5, 0.6) is 0 Å². The molecule has 10 atom stereocenters. The maximum atomic E-state index is 13.1. The number of nitrogens with one attached hydrogen (secondary N) is 2. The Kier molecular flexibility index (Phi) is 24.2. The zero-order valence-corrected chi connectivity index (χ0v) is 45.2. The molecule has 2 N–H and O–H groups in total. The zero-order chi connectivity index (χ0) is 52.2. The van der Waals surface area contributed by atoms with Crippen molar-refractivity contribution in [3.05, 3.63) is 48.5 Å². The number of nitrogens with zero attached hydrogens (tertiary/aromatic N) is 8. The average molecular weight is 1020 g/mol. The normalized spacial score (nSPS) is 23.8. The molecule has 2 aliphatic rings. The van der Waals surface area contributed by atoms with Crippen LogP contribution >= 0.6 is 8.30 Å². The van der Waals surface area contributed by atoms with Gasteiger partial charge in [0.15, 0.2) is 29.5 Å². The number of rotatable bonds is 30. The largest absolute Gasteiger partial charge is 0.456 e. The van der Waals surface area contributed by atoms with E-state index in [2.05, 4.69) is 71.0 Å². The summed E-state index contributed by atoms with van der Waals surface area (Å²) in [6.07, 6.45) is 9.86. The number of esters is 1. The molecule has 2 aliphatic heterocycles. The van der Waals surface area contributed by atoms with E-state index in [0.29, 0.717) is 80.8 Å². The summed E-state index contributed by atoms with van der Waals surface area (Å²) in [5.74, 6) is -0.498. The minimum Gasteiger partial charge on any atom is -0.456 e. The Labute approximate surface area is 428 Å². The fraction of sp³-hybridized carbons (Fsp3) is 0.692. The number of nitriles is 1. The SMILES string of the molecule is CC[C@H]1O[C@@H](OCCCCC(=O)NCCCCCCO[C@@H]2C(OP(CCCC#N)N(C(C)C)C(C)C)[C@H](n3cnc4c(N=CN(C)C)ncnc43)O[C@@H]2CC)[C@H](NC(C)=O)[C@@H](OC(=O)c2ccccc2)[C@H]1C. The molecule has 2 saturated heterocycles. The fourth-order valence-corrected chi connectivity index (χ4v) is 11.8. The standard InChI is InChI=1S/C52H81N10O9P/c1-11-40-37(7)45(70-51(65)39-24-16-15-17-25-39)43(59-38(8)63)52(69-40)67-30-22-18-26-42(64)54-28-20-13-14-21-29-66-46-41(12-2)68-50(47(46)71-72(31-23-19-27-53)62(35(3)4)36(5)6)61-34-57-44-48(58-33-60(9)10)55-32-56-49(44)61/h15-17,24-25,32-37,40-41,43,45-47,50,52H,11-14,18-23,26,28-31H2,1-10H3,(H,54,64)(H,59,63)/t37-,40+,41+,43+,45-,46-,47?,50+,52+,72?/m0/s1. The third-order valence-electron chi connectivity index (χ3n) is 12.8. The van der Waals surface area contributed by atoms with Gasteiger partial charge in [0.05, 0.1) is 36.5 Å².